The van der Waals surface area contributed by atoms with Crippen LogP contribution in [0.15, 0.2) is 36.7 Å². The Labute approximate surface area is 157 Å². The quantitative estimate of drug-likeness (QED) is 0.887. The molecule has 3 heterocycles. The van der Waals surface area contributed by atoms with Gasteiger partial charge in [0.2, 0.25) is 5.95 Å². The minimum Gasteiger partial charge on any atom is -0.370 e. The summed E-state index contributed by atoms with van der Waals surface area (Å²) in [6, 6.07) is 6.27. The molecule has 0 bridgehead atoms. The summed E-state index contributed by atoms with van der Waals surface area (Å²) in [5.41, 5.74) is 1.33. The number of benzene rings is 1. The van der Waals surface area contributed by atoms with Crippen LogP contribution in [-0.2, 0) is 9.53 Å². The van der Waals surface area contributed by atoms with Gasteiger partial charge in [0.25, 0.3) is 5.91 Å². The van der Waals surface area contributed by atoms with E-state index in [-0.39, 0.29) is 11.7 Å². The van der Waals surface area contributed by atoms with Crippen molar-refractivity contribution in [2.45, 2.75) is 18.9 Å². The Morgan fingerprint density at radius 3 is 2.70 bits per heavy atom. The molecule has 1 atom stereocenters. The molecule has 8 heteroatoms. The fraction of sp³-hybridized carbons (Fsp3) is 0.421. The number of nitrogens with one attached hydrogen (secondary N) is 1. The Morgan fingerprint density at radius 2 is 1.93 bits per heavy atom. The highest BCUT2D eigenvalue weighted by Crippen LogP contribution is 2.30. The maximum absolute atomic E-state index is 13.8. The molecular weight excluding hydrogens is 349 g/mol. The second kappa shape index (κ2) is 7.87. The molecule has 4 rings (SSSR count). The van der Waals surface area contributed by atoms with Crippen LogP contribution in [0.5, 0.6) is 0 Å². The molecule has 27 heavy (non-hydrogen) atoms. The molecule has 2 aliphatic rings. The summed E-state index contributed by atoms with van der Waals surface area (Å²) >= 11 is 0. The van der Waals surface area contributed by atoms with Crippen LogP contribution in [0.2, 0.25) is 0 Å². The van der Waals surface area contributed by atoms with Crippen LogP contribution in [0, 0.1) is 5.82 Å². The van der Waals surface area contributed by atoms with Gasteiger partial charge in [0.15, 0.2) is 6.10 Å². The van der Waals surface area contributed by atoms with Gasteiger partial charge in [-0.3, -0.25) is 4.79 Å². The van der Waals surface area contributed by atoms with Crippen molar-refractivity contribution in [3.8, 4) is 0 Å². The molecule has 2 fully saturated rings. The zero-order valence-corrected chi connectivity index (χ0v) is 15.0. The number of anilines is 3. The van der Waals surface area contributed by atoms with E-state index in [4.69, 9.17) is 4.74 Å². The predicted molar refractivity (Wildman–Crippen MR) is 100 cm³/mol. The van der Waals surface area contributed by atoms with E-state index in [0.717, 1.165) is 31.6 Å². The highest BCUT2D eigenvalue weighted by Gasteiger charge is 2.29. The lowest BCUT2D eigenvalue weighted by atomic mass is 10.2. The summed E-state index contributed by atoms with van der Waals surface area (Å²) in [4.78, 5) is 25.3. The zero-order valence-electron chi connectivity index (χ0n) is 15.0. The van der Waals surface area contributed by atoms with Gasteiger partial charge in [-0.1, -0.05) is 0 Å². The van der Waals surface area contributed by atoms with Crippen LogP contribution in [0.1, 0.15) is 12.8 Å². The maximum Gasteiger partial charge on any atom is 0.255 e. The van der Waals surface area contributed by atoms with Crippen molar-refractivity contribution >= 4 is 23.2 Å². The lowest BCUT2D eigenvalue weighted by Gasteiger charge is -2.32. The van der Waals surface area contributed by atoms with E-state index in [1.165, 1.54) is 12.1 Å². The van der Waals surface area contributed by atoms with Crippen molar-refractivity contribution in [3.63, 3.8) is 0 Å². The lowest BCUT2D eigenvalue weighted by molar-refractivity contribution is -0.128. The van der Waals surface area contributed by atoms with E-state index in [1.807, 2.05) is 4.90 Å². The number of hydrogen-bond donors (Lipinski definition) is 1. The van der Waals surface area contributed by atoms with Crippen LogP contribution in [0.25, 0.3) is 0 Å². The van der Waals surface area contributed by atoms with Gasteiger partial charge in [-0.2, -0.15) is 0 Å². The standard InChI is InChI=1S/C19H22FN5O2/c20-14-4-5-16(24-8-1-2-9-24)15(12-14)23-18(26)17-13-25(10-11-27-17)19-21-6-3-7-22-19/h3-7,12,17H,1-2,8-11,13H2,(H,23,26). The smallest absolute Gasteiger partial charge is 0.255 e. The van der Waals surface area contributed by atoms with E-state index >= 15 is 0 Å². The molecule has 0 saturated carbocycles. The van der Waals surface area contributed by atoms with Gasteiger partial charge < -0.3 is 19.9 Å². The first-order valence-electron chi connectivity index (χ1n) is 9.19. The number of hydrogen-bond acceptors (Lipinski definition) is 6. The third-order valence-electron chi connectivity index (χ3n) is 4.86. The number of carbonyl (C=O) groups is 1. The van der Waals surface area contributed by atoms with Gasteiger partial charge in [-0.25, -0.2) is 14.4 Å². The second-order valence-electron chi connectivity index (χ2n) is 6.70. The molecular formula is C19H22FN5O2. The summed E-state index contributed by atoms with van der Waals surface area (Å²) in [6.07, 6.45) is 4.87. The highest BCUT2D eigenvalue weighted by atomic mass is 19.1. The van der Waals surface area contributed by atoms with Crippen LogP contribution < -0.4 is 15.1 Å². The SMILES string of the molecule is O=C(Nc1cc(F)ccc1N1CCCC1)C1CN(c2ncccn2)CCO1. The van der Waals surface area contributed by atoms with Gasteiger partial charge in [-0.05, 0) is 37.1 Å². The Kier molecular flexibility index (Phi) is 5.15. The van der Waals surface area contributed by atoms with E-state index in [1.54, 1.807) is 24.5 Å². The van der Waals surface area contributed by atoms with E-state index in [2.05, 4.69) is 20.2 Å². The Morgan fingerprint density at radius 1 is 1.15 bits per heavy atom. The summed E-state index contributed by atoms with van der Waals surface area (Å²) < 4.78 is 19.4. The minimum atomic E-state index is -0.669. The van der Waals surface area contributed by atoms with Gasteiger partial charge in [0.05, 0.1) is 24.5 Å². The first-order chi connectivity index (χ1) is 13.2. The number of carbonyl (C=O) groups excluding carboxylic acids is 1. The number of amides is 1. The van der Waals surface area contributed by atoms with Crippen molar-refractivity contribution in [1.82, 2.24) is 9.97 Å². The first-order valence-corrected chi connectivity index (χ1v) is 9.19. The van der Waals surface area contributed by atoms with Crippen LogP contribution in [0.3, 0.4) is 0 Å². The van der Waals surface area contributed by atoms with Crippen molar-refractivity contribution in [2.24, 2.45) is 0 Å². The number of ether oxygens (including phenoxy) is 1. The molecule has 0 aliphatic carbocycles. The predicted octanol–water partition coefficient (Wildman–Crippen LogP) is 2.06. The molecule has 2 saturated heterocycles. The molecule has 2 aromatic rings. The number of nitrogens with zero attached hydrogens (tertiary/aromatic N) is 4. The molecule has 2 aliphatic heterocycles. The van der Waals surface area contributed by atoms with Gasteiger partial charge in [-0.15, -0.1) is 0 Å². The van der Waals surface area contributed by atoms with Crippen LogP contribution in [0.4, 0.5) is 21.7 Å². The maximum atomic E-state index is 13.8. The monoisotopic (exact) mass is 371 g/mol. The summed E-state index contributed by atoms with van der Waals surface area (Å²) in [6.45, 7) is 3.19. The molecule has 7 nitrogen and oxygen atoms in total. The van der Waals surface area contributed by atoms with Crippen molar-refractivity contribution in [2.75, 3.05) is 47.9 Å². The highest BCUT2D eigenvalue weighted by molar-refractivity contribution is 5.97. The van der Waals surface area contributed by atoms with E-state index in [9.17, 15) is 9.18 Å². The number of aromatic nitrogens is 2. The fourth-order valence-electron chi connectivity index (χ4n) is 3.50. The van der Waals surface area contributed by atoms with Crippen LogP contribution in [-0.4, -0.2) is 54.8 Å². The fourth-order valence-corrected chi connectivity index (χ4v) is 3.50. The van der Waals surface area contributed by atoms with Gasteiger partial charge in [0.1, 0.15) is 5.82 Å². The minimum absolute atomic E-state index is 0.290. The first kappa shape index (κ1) is 17.7. The number of rotatable bonds is 4. The van der Waals surface area contributed by atoms with Crippen LogP contribution >= 0.6 is 0 Å². The molecule has 0 spiro atoms. The summed E-state index contributed by atoms with van der Waals surface area (Å²) in [7, 11) is 0. The number of morpholine rings is 1. The Bertz CT molecular complexity index is 798. The Balaban J connectivity index is 1.48. The molecule has 0 radical (unpaired) electrons. The normalized spacial score (nSPS) is 20.0. The zero-order chi connectivity index (χ0) is 18.6. The average molecular weight is 371 g/mol. The van der Waals surface area contributed by atoms with Gasteiger partial charge in [0, 0.05) is 32.0 Å². The molecule has 1 aromatic heterocycles. The molecule has 142 valence electrons. The third-order valence-corrected chi connectivity index (χ3v) is 4.86. The van der Waals surface area contributed by atoms with Crippen molar-refractivity contribution < 1.29 is 13.9 Å². The number of halogens is 1. The second-order valence-corrected chi connectivity index (χ2v) is 6.70. The largest absolute Gasteiger partial charge is 0.370 e. The molecule has 1 unspecified atom stereocenters. The Hall–Kier alpha value is -2.74. The van der Waals surface area contributed by atoms with E-state index < -0.39 is 6.10 Å². The molecule has 1 aromatic carbocycles. The lowest BCUT2D eigenvalue weighted by Crippen LogP contribution is -2.48. The average Bonchev–Trinajstić information content (AvgIpc) is 3.23. The van der Waals surface area contributed by atoms with Gasteiger partial charge >= 0.3 is 0 Å². The summed E-state index contributed by atoms with van der Waals surface area (Å²) in [5, 5.41) is 2.86. The van der Waals surface area contributed by atoms with Crippen molar-refractivity contribution in [3.05, 3.63) is 42.5 Å². The van der Waals surface area contributed by atoms with E-state index in [0.29, 0.717) is 31.3 Å². The molecule has 1 N–H and O–H groups in total. The topological polar surface area (TPSA) is 70.6 Å². The van der Waals surface area contributed by atoms with Crippen molar-refractivity contribution in [1.29, 1.82) is 0 Å². The third kappa shape index (κ3) is 4.00. The molecule has 1 amide bonds. The summed E-state index contributed by atoms with van der Waals surface area (Å²) in [5.74, 6) is -0.0964.